The first-order chi connectivity index (χ1) is 9.31. The quantitative estimate of drug-likeness (QED) is 0.429. The first kappa shape index (κ1) is 17.9. The van der Waals surface area contributed by atoms with Crippen LogP contribution in [-0.4, -0.2) is 16.2 Å². The molecular weight excluding hydrogens is 571 g/mol. The molecule has 2 N–H and O–H groups in total. The van der Waals surface area contributed by atoms with E-state index in [4.69, 9.17) is 5.11 Å². The van der Waals surface area contributed by atoms with Gasteiger partial charge < -0.3 is 10.2 Å². The highest BCUT2D eigenvalue weighted by atomic mass is 127. The fourth-order valence-corrected chi connectivity index (χ4v) is 3.96. The summed E-state index contributed by atoms with van der Waals surface area (Å²) in [5.74, 6) is -0.651. The van der Waals surface area contributed by atoms with Crippen LogP contribution < -0.4 is 0 Å². The first-order valence-electron chi connectivity index (χ1n) is 5.13. The molecule has 0 heterocycles. The van der Waals surface area contributed by atoms with Gasteiger partial charge in [0.2, 0.25) is 0 Å². The molecule has 0 radical (unpaired) electrons. The molecule has 20 heavy (non-hydrogen) atoms. The number of benzene rings is 2. The average Bonchev–Trinajstić information content (AvgIpc) is 2.36. The van der Waals surface area contributed by atoms with Gasteiger partial charge in [0.1, 0.15) is 5.75 Å². The summed E-state index contributed by atoms with van der Waals surface area (Å²) in [5.41, 5.74) is 0.340. The van der Waals surface area contributed by atoms with Crippen molar-refractivity contribution in [2.75, 3.05) is 0 Å². The predicted molar refractivity (Wildman–Crippen MR) is 97.3 cm³/mol. The molecule has 0 aliphatic rings. The summed E-state index contributed by atoms with van der Waals surface area (Å²) in [6, 6.07) is 10.3. The van der Waals surface area contributed by atoms with Crippen LogP contribution in [0.3, 0.4) is 0 Å². The topological polar surface area (TPSA) is 57.5 Å². The molecule has 3 nitrogen and oxygen atoms in total. The number of aromatic carboxylic acids is 1. The van der Waals surface area contributed by atoms with Crippen molar-refractivity contribution in [1.82, 2.24) is 0 Å². The Morgan fingerprint density at radius 2 is 1.60 bits per heavy atom. The summed E-state index contributed by atoms with van der Waals surface area (Å²) in [5, 5.41) is 17.7. The summed E-state index contributed by atoms with van der Waals surface area (Å²) >= 11 is 11.7. The van der Waals surface area contributed by atoms with Crippen LogP contribution in [0.5, 0.6) is 5.75 Å². The highest BCUT2D eigenvalue weighted by Crippen LogP contribution is 2.34. The van der Waals surface area contributed by atoms with Gasteiger partial charge in [-0.25, -0.2) is 4.79 Å². The van der Waals surface area contributed by atoms with Gasteiger partial charge in [-0.2, -0.15) is 0 Å². The molecule has 0 saturated heterocycles. The third kappa shape index (κ3) is 5.71. The minimum Gasteiger partial charge on any atom is -0.506 e. The lowest BCUT2D eigenvalue weighted by atomic mass is 10.2. The van der Waals surface area contributed by atoms with Crippen LogP contribution in [0, 0.1) is 3.57 Å². The van der Waals surface area contributed by atoms with Gasteiger partial charge in [-0.15, -0.1) is 0 Å². The summed E-state index contributed by atoms with van der Waals surface area (Å²) < 4.78 is 3.21. The molecule has 2 aromatic rings. The number of hydrogen-bond acceptors (Lipinski definition) is 2. The molecule has 0 unspecified atom stereocenters. The van der Waals surface area contributed by atoms with Crippen LogP contribution in [-0.2, 0) is 0 Å². The van der Waals surface area contributed by atoms with E-state index in [0.717, 1.165) is 8.04 Å². The van der Waals surface area contributed by atoms with Crippen molar-refractivity contribution in [3.63, 3.8) is 0 Å². The minimum absolute atomic E-state index is 0.225. The van der Waals surface area contributed by atoms with Gasteiger partial charge in [0.25, 0.3) is 0 Å². The Labute approximate surface area is 154 Å². The second-order valence-electron chi connectivity index (χ2n) is 3.53. The van der Waals surface area contributed by atoms with E-state index in [1.165, 1.54) is 0 Å². The maximum Gasteiger partial charge on any atom is 0.335 e. The van der Waals surface area contributed by atoms with Crippen molar-refractivity contribution in [3.8, 4) is 5.75 Å². The zero-order valence-electron chi connectivity index (χ0n) is 9.78. The van der Waals surface area contributed by atoms with Gasteiger partial charge in [-0.05, 0) is 84.8 Å². The lowest BCUT2D eigenvalue weighted by molar-refractivity contribution is 0.0697. The summed E-state index contributed by atoms with van der Waals surface area (Å²) in [4.78, 5) is 10.3. The number of aromatic hydroxyl groups is 1. The fraction of sp³-hybridized carbons (Fsp3) is 0. The van der Waals surface area contributed by atoms with Crippen LogP contribution >= 0.6 is 70.4 Å². The van der Waals surface area contributed by atoms with Crippen LogP contribution in [0.15, 0.2) is 49.8 Å². The molecule has 0 saturated carbocycles. The molecule has 7 heteroatoms. The zero-order valence-corrected chi connectivity index (χ0v) is 16.7. The third-order valence-electron chi connectivity index (χ3n) is 2.05. The number of hydrogen-bond donors (Lipinski definition) is 2. The normalized spacial score (nSPS) is 9.60. The van der Waals surface area contributed by atoms with Gasteiger partial charge >= 0.3 is 5.97 Å². The van der Waals surface area contributed by atoms with Crippen LogP contribution in [0.2, 0.25) is 0 Å². The van der Waals surface area contributed by atoms with Gasteiger partial charge in [0, 0.05) is 8.04 Å². The largest absolute Gasteiger partial charge is 0.506 e. The van der Waals surface area contributed by atoms with Crippen molar-refractivity contribution in [3.05, 3.63) is 58.9 Å². The molecule has 0 aromatic heterocycles. The van der Waals surface area contributed by atoms with Crippen LogP contribution in [0.4, 0.5) is 0 Å². The average molecular weight is 579 g/mol. The van der Waals surface area contributed by atoms with E-state index in [1.54, 1.807) is 30.3 Å². The molecule has 2 aromatic carbocycles. The molecule has 2 rings (SSSR count). The van der Waals surface area contributed by atoms with Crippen molar-refractivity contribution < 1.29 is 15.0 Å². The lowest BCUT2D eigenvalue weighted by Crippen LogP contribution is -1.95. The third-order valence-corrected chi connectivity index (χ3v) is 4.39. The lowest BCUT2D eigenvalue weighted by Gasteiger charge is -1.99. The first-order valence-corrected chi connectivity index (χ1v) is 8.59. The van der Waals surface area contributed by atoms with Gasteiger partial charge in [-0.1, -0.05) is 22.0 Å². The fourth-order valence-electron chi connectivity index (χ4n) is 1.16. The van der Waals surface area contributed by atoms with E-state index < -0.39 is 5.97 Å². The Bertz CT molecular complexity index is 609. The molecule has 106 valence electrons. The standard InChI is InChI=1S/C7H5IO2.C6H3Br3O/c8-6-3-1-2-5(4-6)7(9)10;7-3-1-4(8)6(10)5(9)2-3/h1-4H,(H,9,10);1-2,10H. The molecule has 0 bridgehead atoms. The summed E-state index contributed by atoms with van der Waals surface area (Å²) in [7, 11) is 0. The van der Waals surface area contributed by atoms with Crippen molar-refractivity contribution in [2.45, 2.75) is 0 Å². The number of halogens is 4. The Balaban J connectivity index is 0.000000200. The Hall–Kier alpha value is -0.120. The van der Waals surface area contributed by atoms with Crippen LogP contribution in [0.1, 0.15) is 10.4 Å². The van der Waals surface area contributed by atoms with Crippen molar-refractivity contribution in [2.24, 2.45) is 0 Å². The van der Waals surface area contributed by atoms with Gasteiger partial charge in [0.05, 0.1) is 14.5 Å². The molecule has 0 amide bonds. The van der Waals surface area contributed by atoms with E-state index in [0.29, 0.717) is 14.5 Å². The monoisotopic (exact) mass is 576 g/mol. The maximum atomic E-state index is 10.3. The number of phenolic OH excluding ortho intramolecular Hbond substituents is 1. The number of rotatable bonds is 1. The Morgan fingerprint density at radius 3 is 2.00 bits per heavy atom. The minimum atomic E-state index is -0.876. The number of carboxylic acids is 1. The van der Waals surface area contributed by atoms with E-state index in [1.807, 2.05) is 6.07 Å². The van der Waals surface area contributed by atoms with E-state index in [9.17, 15) is 9.90 Å². The van der Waals surface area contributed by atoms with Gasteiger partial charge in [-0.3, -0.25) is 0 Å². The Kier molecular flexibility index (Phi) is 7.49. The van der Waals surface area contributed by atoms with E-state index in [2.05, 4.69) is 70.4 Å². The molecule has 0 atom stereocenters. The molecule has 0 spiro atoms. The van der Waals surface area contributed by atoms with Crippen LogP contribution in [0.25, 0.3) is 0 Å². The highest BCUT2D eigenvalue weighted by molar-refractivity contribution is 14.1. The summed E-state index contributed by atoms with van der Waals surface area (Å²) in [6.07, 6.45) is 0. The molecule has 0 aliphatic heterocycles. The number of carbonyl (C=O) groups is 1. The molecular formula is C13H8Br3IO3. The molecule has 0 fully saturated rings. The Morgan fingerprint density at radius 1 is 1.05 bits per heavy atom. The number of phenols is 1. The number of carboxylic acid groups (broad SMARTS) is 1. The second-order valence-corrected chi connectivity index (χ2v) is 7.40. The van der Waals surface area contributed by atoms with Crippen molar-refractivity contribution in [1.29, 1.82) is 0 Å². The van der Waals surface area contributed by atoms with E-state index >= 15 is 0 Å². The SMILES string of the molecule is O=C(O)c1cccc(I)c1.Oc1c(Br)cc(Br)cc1Br. The predicted octanol–water partition coefficient (Wildman–Crippen LogP) is 5.67. The second kappa shape index (κ2) is 8.35. The van der Waals surface area contributed by atoms with Crippen molar-refractivity contribution >= 4 is 76.4 Å². The zero-order chi connectivity index (χ0) is 15.3. The van der Waals surface area contributed by atoms with E-state index in [-0.39, 0.29) is 5.75 Å². The highest BCUT2D eigenvalue weighted by Gasteiger charge is 2.03. The smallest absolute Gasteiger partial charge is 0.335 e. The summed E-state index contributed by atoms with van der Waals surface area (Å²) in [6.45, 7) is 0. The maximum absolute atomic E-state index is 10.3. The van der Waals surface area contributed by atoms with Gasteiger partial charge in [0.15, 0.2) is 0 Å². The molecule has 0 aliphatic carbocycles.